The van der Waals surface area contributed by atoms with Gasteiger partial charge in [-0.3, -0.25) is 4.79 Å². The van der Waals surface area contributed by atoms with Crippen molar-refractivity contribution in [1.29, 1.82) is 0 Å². The molecule has 0 saturated carbocycles. The molecule has 0 radical (unpaired) electrons. The van der Waals surface area contributed by atoms with Gasteiger partial charge >= 0.3 is 5.97 Å². The van der Waals surface area contributed by atoms with E-state index in [1.165, 1.54) is 15.3 Å². The summed E-state index contributed by atoms with van der Waals surface area (Å²) in [7, 11) is 0. The minimum atomic E-state index is -0.599. The maximum absolute atomic E-state index is 13.2. The zero-order valence-corrected chi connectivity index (χ0v) is 18.8. The second kappa shape index (κ2) is 8.48. The standard InChI is InChI=1S/C20H16BrClN6O3/c1-3-31-20(30)17-16(11(2)9-12-6-8-24-27(12)17)25-19(29)14-10-15(21)26-28(14)18-13(22)5-4-7-23-18/h4-10H,3H2,1-2H3,(H,25,29). The summed E-state index contributed by atoms with van der Waals surface area (Å²) in [5.74, 6) is -0.817. The van der Waals surface area contributed by atoms with Crippen LogP contribution in [-0.4, -0.2) is 42.9 Å². The van der Waals surface area contributed by atoms with E-state index in [1.807, 2.05) is 6.07 Å². The highest BCUT2D eigenvalue weighted by Crippen LogP contribution is 2.26. The number of amides is 1. The first-order valence-corrected chi connectivity index (χ1v) is 10.4. The summed E-state index contributed by atoms with van der Waals surface area (Å²) in [6.45, 7) is 3.67. The van der Waals surface area contributed by atoms with Crippen molar-refractivity contribution in [3.8, 4) is 5.82 Å². The fraction of sp³-hybridized carbons (Fsp3) is 0.150. The first kappa shape index (κ1) is 21.0. The van der Waals surface area contributed by atoms with Crippen LogP contribution >= 0.6 is 27.5 Å². The van der Waals surface area contributed by atoms with Gasteiger partial charge in [0.05, 0.1) is 29.0 Å². The first-order chi connectivity index (χ1) is 14.9. The molecule has 158 valence electrons. The summed E-state index contributed by atoms with van der Waals surface area (Å²) >= 11 is 9.53. The molecule has 1 amide bonds. The van der Waals surface area contributed by atoms with Gasteiger partial charge in [0, 0.05) is 12.3 Å². The summed E-state index contributed by atoms with van der Waals surface area (Å²) in [4.78, 5) is 30.2. The first-order valence-electron chi connectivity index (χ1n) is 9.23. The Morgan fingerprint density at radius 1 is 1.26 bits per heavy atom. The lowest BCUT2D eigenvalue weighted by atomic mass is 10.1. The number of carbonyl (C=O) groups is 2. The third-order valence-corrected chi connectivity index (χ3v) is 5.12. The molecule has 0 saturated heterocycles. The molecule has 31 heavy (non-hydrogen) atoms. The van der Waals surface area contributed by atoms with E-state index in [9.17, 15) is 9.59 Å². The van der Waals surface area contributed by atoms with Crippen LogP contribution in [0, 0.1) is 6.92 Å². The number of hydrogen-bond donors (Lipinski definition) is 1. The normalized spacial score (nSPS) is 11.0. The van der Waals surface area contributed by atoms with Crippen molar-refractivity contribution in [2.75, 3.05) is 11.9 Å². The van der Waals surface area contributed by atoms with Crippen LogP contribution in [0.15, 0.2) is 47.3 Å². The van der Waals surface area contributed by atoms with Crippen LogP contribution in [-0.2, 0) is 4.74 Å². The number of nitrogens with one attached hydrogen (secondary N) is 1. The van der Waals surface area contributed by atoms with Crippen molar-refractivity contribution in [3.63, 3.8) is 0 Å². The van der Waals surface area contributed by atoms with Crippen LogP contribution in [0.5, 0.6) is 0 Å². The number of carbonyl (C=O) groups excluding carboxylic acids is 2. The highest BCUT2D eigenvalue weighted by atomic mass is 79.9. The number of fused-ring (bicyclic) bond motifs is 1. The van der Waals surface area contributed by atoms with E-state index < -0.39 is 11.9 Å². The second-order valence-electron chi connectivity index (χ2n) is 6.47. The van der Waals surface area contributed by atoms with Gasteiger partial charge < -0.3 is 10.1 Å². The van der Waals surface area contributed by atoms with Crippen molar-refractivity contribution < 1.29 is 14.3 Å². The van der Waals surface area contributed by atoms with E-state index in [-0.39, 0.29) is 23.7 Å². The molecule has 4 rings (SSSR count). The Hall–Kier alpha value is -3.24. The van der Waals surface area contributed by atoms with Crippen LogP contribution in [0.3, 0.4) is 0 Å². The molecule has 0 fully saturated rings. The fourth-order valence-corrected chi connectivity index (χ4v) is 3.71. The van der Waals surface area contributed by atoms with Gasteiger partial charge in [0.1, 0.15) is 10.3 Å². The van der Waals surface area contributed by atoms with Gasteiger partial charge in [-0.15, -0.1) is 0 Å². The third-order valence-electron chi connectivity index (χ3n) is 4.44. The van der Waals surface area contributed by atoms with Crippen molar-refractivity contribution in [2.45, 2.75) is 13.8 Å². The monoisotopic (exact) mass is 502 g/mol. The van der Waals surface area contributed by atoms with Crippen molar-refractivity contribution >= 4 is 50.6 Å². The van der Waals surface area contributed by atoms with Gasteiger partial charge in [-0.05, 0) is 59.6 Å². The summed E-state index contributed by atoms with van der Waals surface area (Å²) in [5, 5.41) is 11.6. The molecule has 4 aromatic rings. The molecule has 4 aromatic heterocycles. The summed E-state index contributed by atoms with van der Waals surface area (Å²) in [6.07, 6.45) is 3.12. The minimum Gasteiger partial charge on any atom is -0.461 e. The van der Waals surface area contributed by atoms with Gasteiger partial charge in [0.2, 0.25) is 0 Å². The molecule has 4 heterocycles. The average Bonchev–Trinajstić information content (AvgIpc) is 3.35. The lowest BCUT2D eigenvalue weighted by Gasteiger charge is -2.15. The van der Waals surface area contributed by atoms with Crippen LogP contribution in [0.25, 0.3) is 11.3 Å². The summed E-state index contributed by atoms with van der Waals surface area (Å²) in [6, 6.07) is 8.44. The molecule has 0 unspecified atom stereocenters. The Kier molecular flexibility index (Phi) is 5.75. The number of pyridine rings is 2. The number of ether oxygens (including phenoxy) is 1. The van der Waals surface area contributed by atoms with Gasteiger partial charge in [-0.2, -0.15) is 10.2 Å². The van der Waals surface area contributed by atoms with E-state index in [4.69, 9.17) is 16.3 Å². The molecule has 0 aromatic carbocycles. The summed E-state index contributed by atoms with van der Waals surface area (Å²) in [5.41, 5.74) is 1.95. The number of halogens is 2. The van der Waals surface area contributed by atoms with Gasteiger partial charge in [0.15, 0.2) is 11.5 Å². The van der Waals surface area contributed by atoms with Gasteiger partial charge in [-0.1, -0.05) is 11.6 Å². The maximum atomic E-state index is 13.2. The number of esters is 1. The predicted molar refractivity (Wildman–Crippen MR) is 118 cm³/mol. The quantitative estimate of drug-likeness (QED) is 0.412. The Balaban J connectivity index is 1.80. The van der Waals surface area contributed by atoms with Gasteiger partial charge in [-0.25, -0.2) is 19.0 Å². The largest absolute Gasteiger partial charge is 0.461 e. The Bertz CT molecular complexity index is 1320. The number of aryl methyl sites for hydroxylation is 1. The Morgan fingerprint density at radius 3 is 2.81 bits per heavy atom. The molecule has 11 heteroatoms. The van der Waals surface area contributed by atoms with E-state index in [0.717, 1.165) is 0 Å². The highest BCUT2D eigenvalue weighted by molar-refractivity contribution is 9.10. The molecule has 0 atom stereocenters. The van der Waals surface area contributed by atoms with Crippen LogP contribution in [0.2, 0.25) is 5.02 Å². The van der Waals surface area contributed by atoms with Crippen LogP contribution in [0.4, 0.5) is 5.69 Å². The fourth-order valence-electron chi connectivity index (χ4n) is 3.13. The molecular weight excluding hydrogens is 488 g/mol. The Morgan fingerprint density at radius 2 is 2.06 bits per heavy atom. The molecular formula is C20H16BrClN6O3. The second-order valence-corrected chi connectivity index (χ2v) is 7.69. The average molecular weight is 504 g/mol. The zero-order valence-electron chi connectivity index (χ0n) is 16.5. The van der Waals surface area contributed by atoms with Gasteiger partial charge in [0.25, 0.3) is 5.91 Å². The van der Waals surface area contributed by atoms with Crippen molar-refractivity contribution in [3.05, 3.63) is 69.3 Å². The number of nitrogens with zero attached hydrogens (tertiary/aromatic N) is 5. The molecule has 0 aliphatic heterocycles. The number of anilines is 1. The minimum absolute atomic E-state index is 0.121. The Labute approximate surface area is 190 Å². The van der Waals surface area contributed by atoms with E-state index >= 15 is 0 Å². The molecule has 0 spiro atoms. The number of aromatic nitrogens is 5. The van der Waals surface area contributed by atoms with Crippen molar-refractivity contribution in [2.24, 2.45) is 0 Å². The van der Waals surface area contributed by atoms with E-state index in [0.29, 0.717) is 26.5 Å². The smallest absolute Gasteiger partial charge is 0.359 e. The molecule has 0 bridgehead atoms. The van der Waals surface area contributed by atoms with E-state index in [1.54, 1.807) is 44.4 Å². The zero-order chi connectivity index (χ0) is 22.1. The van der Waals surface area contributed by atoms with Crippen molar-refractivity contribution in [1.82, 2.24) is 24.4 Å². The SMILES string of the molecule is CCOC(=O)c1c(NC(=O)c2cc(Br)nn2-c2ncccc2Cl)c(C)cc2ccnn12. The number of hydrogen-bond acceptors (Lipinski definition) is 6. The lowest BCUT2D eigenvalue weighted by molar-refractivity contribution is 0.0517. The van der Waals surface area contributed by atoms with E-state index in [2.05, 4.69) is 36.4 Å². The lowest BCUT2D eigenvalue weighted by Crippen LogP contribution is -2.22. The summed E-state index contributed by atoms with van der Waals surface area (Å²) < 4.78 is 8.38. The highest BCUT2D eigenvalue weighted by Gasteiger charge is 2.25. The predicted octanol–water partition coefficient (Wildman–Crippen LogP) is 4.07. The molecule has 0 aliphatic carbocycles. The molecule has 9 nitrogen and oxygen atoms in total. The third kappa shape index (κ3) is 3.91. The van der Waals surface area contributed by atoms with Crippen LogP contribution in [0.1, 0.15) is 33.5 Å². The molecule has 1 N–H and O–H groups in total. The number of rotatable bonds is 5. The van der Waals surface area contributed by atoms with Crippen LogP contribution < -0.4 is 5.32 Å². The molecule has 0 aliphatic rings. The topological polar surface area (TPSA) is 103 Å². The maximum Gasteiger partial charge on any atom is 0.359 e.